The molecule has 0 fully saturated rings. The predicted octanol–water partition coefficient (Wildman–Crippen LogP) is 2.53. The Bertz CT molecular complexity index is 372. The van der Waals surface area contributed by atoms with E-state index in [2.05, 4.69) is 4.74 Å². The SMILES string of the molecule is CCOC(=O)c1sc(C(F)(F)F)cc1N. The standard InChI is InChI=1S/C8H8F3NO2S/c1-2-14-7(13)6-4(12)3-5(15-6)8(9,10)11/h3H,2,12H2,1H3. The first kappa shape index (κ1) is 11.8. The highest BCUT2D eigenvalue weighted by Gasteiger charge is 2.34. The summed E-state index contributed by atoms with van der Waals surface area (Å²) in [6.45, 7) is 1.66. The third kappa shape index (κ3) is 2.62. The maximum absolute atomic E-state index is 12.2. The third-order valence-corrected chi connectivity index (χ3v) is 2.68. The van der Waals surface area contributed by atoms with Gasteiger partial charge in [-0.25, -0.2) is 4.79 Å². The van der Waals surface area contributed by atoms with Crippen LogP contribution in [0.3, 0.4) is 0 Å². The Morgan fingerprint density at radius 1 is 1.60 bits per heavy atom. The highest BCUT2D eigenvalue weighted by molar-refractivity contribution is 7.14. The van der Waals surface area contributed by atoms with Crippen LogP contribution in [0.4, 0.5) is 18.9 Å². The molecule has 1 aromatic rings. The fraction of sp³-hybridized carbons (Fsp3) is 0.375. The van der Waals surface area contributed by atoms with Crippen molar-refractivity contribution in [1.29, 1.82) is 0 Å². The van der Waals surface area contributed by atoms with E-state index in [1.807, 2.05) is 0 Å². The van der Waals surface area contributed by atoms with Crippen molar-refractivity contribution in [2.45, 2.75) is 13.1 Å². The number of hydrogen-bond donors (Lipinski definition) is 1. The van der Waals surface area contributed by atoms with Gasteiger partial charge in [-0.15, -0.1) is 11.3 Å². The molecule has 0 spiro atoms. The molecular formula is C8H8F3NO2S. The first-order valence-corrected chi connectivity index (χ1v) is 4.81. The molecule has 0 atom stereocenters. The quantitative estimate of drug-likeness (QED) is 0.807. The molecule has 84 valence electrons. The van der Waals surface area contributed by atoms with Crippen molar-refractivity contribution in [2.24, 2.45) is 0 Å². The van der Waals surface area contributed by atoms with Crippen molar-refractivity contribution >= 4 is 23.0 Å². The molecule has 1 aromatic heterocycles. The Kier molecular flexibility index (Phi) is 3.23. The Labute approximate surface area is 87.6 Å². The fourth-order valence-electron chi connectivity index (χ4n) is 0.901. The van der Waals surface area contributed by atoms with Gasteiger partial charge in [0.1, 0.15) is 9.75 Å². The average Bonchev–Trinajstić information content (AvgIpc) is 2.47. The normalized spacial score (nSPS) is 11.5. The van der Waals surface area contributed by atoms with Gasteiger partial charge in [0.05, 0.1) is 12.3 Å². The summed E-state index contributed by atoms with van der Waals surface area (Å²) in [5, 5.41) is 0. The lowest BCUT2D eigenvalue weighted by Crippen LogP contribution is -2.04. The van der Waals surface area contributed by atoms with Crippen LogP contribution in [0.15, 0.2) is 6.07 Å². The van der Waals surface area contributed by atoms with Crippen molar-refractivity contribution in [2.75, 3.05) is 12.3 Å². The molecule has 3 nitrogen and oxygen atoms in total. The summed E-state index contributed by atoms with van der Waals surface area (Å²) < 4.78 is 41.3. The van der Waals surface area contributed by atoms with E-state index in [4.69, 9.17) is 5.73 Å². The van der Waals surface area contributed by atoms with Crippen LogP contribution in [0.1, 0.15) is 21.5 Å². The van der Waals surface area contributed by atoms with E-state index in [-0.39, 0.29) is 28.5 Å². The van der Waals surface area contributed by atoms with Gasteiger partial charge in [-0.3, -0.25) is 0 Å². The number of rotatable bonds is 2. The Hall–Kier alpha value is -1.24. The molecule has 7 heteroatoms. The van der Waals surface area contributed by atoms with Gasteiger partial charge in [0.25, 0.3) is 0 Å². The molecule has 0 radical (unpaired) electrons. The van der Waals surface area contributed by atoms with E-state index in [9.17, 15) is 18.0 Å². The lowest BCUT2D eigenvalue weighted by atomic mass is 10.3. The molecule has 0 saturated heterocycles. The second-order valence-electron chi connectivity index (χ2n) is 2.61. The van der Waals surface area contributed by atoms with Crippen molar-refractivity contribution in [1.82, 2.24) is 0 Å². The molecule has 0 amide bonds. The van der Waals surface area contributed by atoms with Gasteiger partial charge in [0.15, 0.2) is 0 Å². The predicted molar refractivity (Wildman–Crippen MR) is 49.7 cm³/mol. The molecule has 0 saturated carbocycles. The summed E-state index contributed by atoms with van der Waals surface area (Å²) in [6, 6.07) is 0.733. The van der Waals surface area contributed by atoms with Crippen molar-refractivity contribution < 1.29 is 22.7 Å². The van der Waals surface area contributed by atoms with Crippen LogP contribution in [0.2, 0.25) is 0 Å². The zero-order chi connectivity index (χ0) is 11.6. The Balaban J connectivity index is 3.02. The number of carbonyl (C=O) groups is 1. The van der Waals surface area contributed by atoms with E-state index in [1.54, 1.807) is 6.92 Å². The van der Waals surface area contributed by atoms with Crippen molar-refractivity contribution in [3.8, 4) is 0 Å². The minimum Gasteiger partial charge on any atom is -0.462 e. The number of anilines is 1. The number of carbonyl (C=O) groups excluding carboxylic acids is 1. The number of nitrogen functional groups attached to an aromatic ring is 1. The monoisotopic (exact) mass is 239 g/mol. The largest absolute Gasteiger partial charge is 0.462 e. The fourth-order valence-corrected chi connectivity index (χ4v) is 1.74. The summed E-state index contributed by atoms with van der Waals surface area (Å²) in [4.78, 5) is 10.0. The molecule has 1 heterocycles. The molecule has 0 aromatic carbocycles. The summed E-state index contributed by atoms with van der Waals surface area (Å²) in [5.41, 5.74) is 5.08. The van der Waals surface area contributed by atoms with E-state index in [1.165, 1.54) is 0 Å². The zero-order valence-electron chi connectivity index (χ0n) is 7.72. The van der Waals surface area contributed by atoms with E-state index in [0.29, 0.717) is 0 Å². The second-order valence-corrected chi connectivity index (χ2v) is 3.67. The van der Waals surface area contributed by atoms with Gasteiger partial charge < -0.3 is 10.5 Å². The summed E-state index contributed by atoms with van der Waals surface area (Å²) in [5.74, 6) is -0.824. The van der Waals surface area contributed by atoms with Gasteiger partial charge in [-0.05, 0) is 13.0 Å². The first-order valence-electron chi connectivity index (χ1n) is 4.00. The summed E-state index contributed by atoms with van der Waals surface area (Å²) in [6.07, 6.45) is -4.48. The highest BCUT2D eigenvalue weighted by atomic mass is 32.1. The number of thiophene rings is 1. The van der Waals surface area contributed by atoms with E-state index in [0.717, 1.165) is 6.07 Å². The number of hydrogen-bond acceptors (Lipinski definition) is 4. The van der Waals surface area contributed by atoms with Crippen LogP contribution < -0.4 is 5.73 Å². The van der Waals surface area contributed by atoms with E-state index >= 15 is 0 Å². The second kappa shape index (κ2) is 4.09. The van der Waals surface area contributed by atoms with Crippen LogP contribution in [-0.2, 0) is 10.9 Å². The molecule has 1 rings (SSSR count). The van der Waals surface area contributed by atoms with Gasteiger partial charge in [-0.1, -0.05) is 0 Å². The number of esters is 1. The van der Waals surface area contributed by atoms with E-state index < -0.39 is 17.0 Å². The lowest BCUT2D eigenvalue weighted by molar-refractivity contribution is -0.134. The average molecular weight is 239 g/mol. The van der Waals surface area contributed by atoms with Crippen LogP contribution >= 0.6 is 11.3 Å². The van der Waals surface area contributed by atoms with Crippen molar-refractivity contribution in [3.63, 3.8) is 0 Å². The molecule has 0 bridgehead atoms. The summed E-state index contributed by atoms with van der Waals surface area (Å²) in [7, 11) is 0. The lowest BCUT2D eigenvalue weighted by Gasteiger charge is -2.00. The summed E-state index contributed by atoms with van der Waals surface area (Å²) >= 11 is 0.290. The maximum atomic E-state index is 12.2. The van der Waals surface area contributed by atoms with Crippen LogP contribution in [0, 0.1) is 0 Å². The molecule has 0 aliphatic rings. The first-order chi connectivity index (χ1) is 6.86. The number of ether oxygens (including phenoxy) is 1. The van der Waals surface area contributed by atoms with Crippen LogP contribution in [0.25, 0.3) is 0 Å². The number of alkyl halides is 3. The van der Waals surface area contributed by atoms with Gasteiger partial charge in [0, 0.05) is 0 Å². The van der Waals surface area contributed by atoms with Gasteiger partial charge >= 0.3 is 12.1 Å². The maximum Gasteiger partial charge on any atom is 0.425 e. The van der Waals surface area contributed by atoms with Crippen LogP contribution in [0.5, 0.6) is 0 Å². The number of halogens is 3. The molecular weight excluding hydrogens is 231 g/mol. The van der Waals surface area contributed by atoms with Crippen molar-refractivity contribution in [3.05, 3.63) is 15.8 Å². The highest BCUT2D eigenvalue weighted by Crippen LogP contribution is 2.38. The van der Waals surface area contributed by atoms with Gasteiger partial charge in [-0.2, -0.15) is 13.2 Å². The minimum absolute atomic E-state index is 0.0948. The molecule has 0 aliphatic heterocycles. The molecule has 2 N–H and O–H groups in total. The minimum atomic E-state index is -4.48. The molecule has 15 heavy (non-hydrogen) atoms. The number of nitrogens with two attached hydrogens (primary N) is 1. The van der Waals surface area contributed by atoms with Gasteiger partial charge in [0.2, 0.25) is 0 Å². The topological polar surface area (TPSA) is 52.3 Å². The third-order valence-electron chi connectivity index (χ3n) is 1.50. The zero-order valence-corrected chi connectivity index (χ0v) is 8.54. The Morgan fingerprint density at radius 3 is 2.60 bits per heavy atom. The molecule has 0 unspecified atom stereocenters. The molecule has 0 aliphatic carbocycles. The van der Waals surface area contributed by atoms with Crippen LogP contribution in [-0.4, -0.2) is 12.6 Å². The smallest absolute Gasteiger partial charge is 0.425 e. The Morgan fingerprint density at radius 2 is 2.20 bits per heavy atom.